The van der Waals surface area contributed by atoms with Gasteiger partial charge in [0.05, 0.1) is 12.5 Å². The van der Waals surface area contributed by atoms with Gasteiger partial charge in [0.2, 0.25) is 11.8 Å². The molecule has 0 aromatic rings. The van der Waals surface area contributed by atoms with E-state index in [1.165, 1.54) is 23.6 Å². The Hall–Kier alpha value is -1.43. The highest BCUT2D eigenvalue weighted by atomic mass is 16.4. The monoisotopic (exact) mass is 256 g/mol. The lowest BCUT2D eigenvalue weighted by molar-refractivity contribution is -0.151. The third-order valence-electron chi connectivity index (χ3n) is 3.55. The molecule has 1 aliphatic rings. The largest absolute Gasteiger partial charge is 0.480 e. The van der Waals surface area contributed by atoms with Gasteiger partial charge in [-0.15, -0.1) is 0 Å². The second-order valence-corrected chi connectivity index (χ2v) is 5.39. The van der Waals surface area contributed by atoms with E-state index < -0.39 is 17.6 Å². The van der Waals surface area contributed by atoms with Gasteiger partial charge in [-0.05, 0) is 34.7 Å². The molecule has 0 bridgehead atoms. The summed E-state index contributed by atoms with van der Waals surface area (Å²) in [4.78, 5) is 37.7. The normalized spacial score (nSPS) is 21.3. The van der Waals surface area contributed by atoms with E-state index in [2.05, 4.69) is 0 Å². The number of likely N-dealkylation sites (N-methyl/N-ethyl adjacent to an activating group) is 1. The zero-order chi connectivity index (χ0) is 14.2. The molecule has 1 rings (SSSR count). The smallest absolute Gasteiger partial charge is 0.323 e. The number of rotatable bonds is 4. The Kier molecular flexibility index (Phi) is 3.81. The summed E-state index contributed by atoms with van der Waals surface area (Å²) in [6.45, 7) is 6.57. The molecule has 18 heavy (non-hydrogen) atoms. The van der Waals surface area contributed by atoms with Gasteiger partial charge in [-0.3, -0.25) is 24.2 Å². The molecule has 6 heteroatoms. The Balaban J connectivity index is 2.97. The first-order chi connectivity index (χ1) is 8.10. The maximum Gasteiger partial charge on any atom is 0.323 e. The summed E-state index contributed by atoms with van der Waals surface area (Å²) in [5.74, 6) is -1.58. The van der Waals surface area contributed by atoms with Crippen LogP contribution in [0.25, 0.3) is 0 Å². The number of imide groups is 1. The Morgan fingerprint density at radius 2 is 1.94 bits per heavy atom. The minimum Gasteiger partial charge on any atom is -0.480 e. The van der Waals surface area contributed by atoms with E-state index >= 15 is 0 Å². The third kappa shape index (κ3) is 2.25. The fourth-order valence-electron chi connectivity index (χ4n) is 2.02. The number of nitrogens with zero attached hydrogens (tertiary/aromatic N) is 2. The maximum atomic E-state index is 12.1. The van der Waals surface area contributed by atoms with Gasteiger partial charge in [-0.2, -0.15) is 0 Å². The first-order valence-electron chi connectivity index (χ1n) is 5.93. The molecular formula is C12H20N2O4. The van der Waals surface area contributed by atoms with E-state index in [0.29, 0.717) is 0 Å². The number of likely N-dealkylation sites (tertiary alicyclic amines) is 1. The molecule has 1 fully saturated rings. The number of carboxylic acids is 1. The number of carbonyl (C=O) groups is 3. The number of carbonyl (C=O) groups excluding carboxylic acids is 2. The van der Waals surface area contributed by atoms with Crippen molar-refractivity contribution in [1.29, 1.82) is 0 Å². The number of carboxylic acid groups (broad SMARTS) is 1. The van der Waals surface area contributed by atoms with Gasteiger partial charge in [-0.1, -0.05) is 0 Å². The van der Waals surface area contributed by atoms with Crippen LogP contribution in [-0.2, 0) is 14.4 Å². The van der Waals surface area contributed by atoms with Crippen molar-refractivity contribution in [1.82, 2.24) is 9.80 Å². The molecule has 1 saturated heterocycles. The van der Waals surface area contributed by atoms with E-state index in [9.17, 15) is 14.4 Å². The quantitative estimate of drug-likeness (QED) is 0.733. The Labute approximate surface area is 107 Å². The van der Waals surface area contributed by atoms with Crippen LogP contribution in [0.15, 0.2) is 0 Å². The average Bonchev–Trinajstić information content (AvgIpc) is 2.52. The number of aliphatic carboxylic acids is 1. The fourth-order valence-corrected chi connectivity index (χ4v) is 2.02. The summed E-state index contributed by atoms with van der Waals surface area (Å²) >= 11 is 0. The Morgan fingerprint density at radius 1 is 1.44 bits per heavy atom. The zero-order valence-electron chi connectivity index (χ0n) is 11.4. The Bertz CT molecular complexity index is 390. The van der Waals surface area contributed by atoms with Gasteiger partial charge in [0.1, 0.15) is 5.54 Å². The van der Waals surface area contributed by atoms with Crippen LogP contribution in [-0.4, -0.2) is 57.4 Å². The first-order valence-corrected chi connectivity index (χ1v) is 5.93. The molecule has 0 saturated carbocycles. The molecule has 0 aromatic carbocycles. The van der Waals surface area contributed by atoms with Crippen molar-refractivity contribution in [3.05, 3.63) is 0 Å². The minimum absolute atomic E-state index is 0.0459. The average molecular weight is 256 g/mol. The molecule has 2 amide bonds. The van der Waals surface area contributed by atoms with Gasteiger partial charge in [0.25, 0.3) is 0 Å². The summed E-state index contributed by atoms with van der Waals surface area (Å²) in [5.41, 5.74) is -1.19. The fraction of sp³-hybridized carbons (Fsp3) is 0.750. The van der Waals surface area contributed by atoms with Crippen molar-refractivity contribution in [3.8, 4) is 0 Å². The van der Waals surface area contributed by atoms with Crippen LogP contribution in [0, 0.1) is 0 Å². The summed E-state index contributed by atoms with van der Waals surface area (Å²) in [5, 5.41) is 9.15. The highest BCUT2D eigenvalue weighted by Gasteiger charge is 2.47. The van der Waals surface area contributed by atoms with E-state index in [4.69, 9.17) is 5.11 Å². The lowest BCUT2D eigenvalue weighted by atomic mass is 10.0. The van der Waals surface area contributed by atoms with E-state index in [-0.39, 0.29) is 24.3 Å². The van der Waals surface area contributed by atoms with Gasteiger partial charge in [0.15, 0.2) is 0 Å². The first kappa shape index (κ1) is 14.6. The number of hydrogen-bond acceptors (Lipinski definition) is 4. The maximum absolute atomic E-state index is 12.1. The predicted molar refractivity (Wildman–Crippen MR) is 64.9 cm³/mol. The predicted octanol–water partition coefficient (Wildman–Crippen LogP) is 0.317. The number of hydrogen-bond donors (Lipinski definition) is 1. The van der Waals surface area contributed by atoms with Crippen molar-refractivity contribution >= 4 is 17.8 Å². The second kappa shape index (κ2) is 4.68. The summed E-state index contributed by atoms with van der Waals surface area (Å²) < 4.78 is 0. The van der Waals surface area contributed by atoms with E-state index in [1.54, 1.807) is 20.9 Å². The van der Waals surface area contributed by atoms with Gasteiger partial charge < -0.3 is 5.11 Å². The summed E-state index contributed by atoms with van der Waals surface area (Å²) in [6.07, 6.45) is 0.0459. The summed E-state index contributed by atoms with van der Waals surface area (Å²) in [7, 11) is 1.56. The number of amides is 2. The van der Waals surface area contributed by atoms with Crippen LogP contribution in [0.4, 0.5) is 0 Å². The van der Waals surface area contributed by atoms with Crippen molar-refractivity contribution < 1.29 is 19.5 Å². The molecule has 102 valence electrons. The third-order valence-corrected chi connectivity index (χ3v) is 3.55. The van der Waals surface area contributed by atoms with Crippen LogP contribution in [0.5, 0.6) is 0 Å². The molecule has 1 N–H and O–H groups in total. The van der Waals surface area contributed by atoms with Gasteiger partial charge >= 0.3 is 5.97 Å². The minimum atomic E-state index is -1.19. The molecular weight excluding hydrogens is 236 g/mol. The molecule has 0 radical (unpaired) electrons. The lowest BCUT2D eigenvalue weighted by Crippen LogP contribution is -2.55. The molecule has 0 aliphatic carbocycles. The standard InChI is InChI=1S/C12H20N2O4/c1-7(2)14-9(15)6-8(10(14)16)13(5)12(3,4)11(17)18/h7-8H,6H2,1-5H3,(H,17,18). The second-order valence-electron chi connectivity index (χ2n) is 5.39. The topological polar surface area (TPSA) is 77.9 Å². The molecule has 6 nitrogen and oxygen atoms in total. The van der Waals surface area contributed by atoms with Gasteiger partial charge in [-0.25, -0.2) is 0 Å². The molecule has 0 aromatic heterocycles. The SMILES string of the molecule is CC(C)N1C(=O)CC(N(C)C(C)(C)C(=O)O)C1=O. The van der Waals surface area contributed by atoms with Crippen molar-refractivity contribution in [2.75, 3.05) is 7.05 Å². The van der Waals surface area contributed by atoms with Crippen LogP contribution in [0.2, 0.25) is 0 Å². The molecule has 1 atom stereocenters. The highest BCUT2D eigenvalue weighted by molar-refractivity contribution is 6.06. The van der Waals surface area contributed by atoms with Crippen LogP contribution < -0.4 is 0 Å². The van der Waals surface area contributed by atoms with E-state index in [1.807, 2.05) is 0 Å². The van der Waals surface area contributed by atoms with Crippen molar-refractivity contribution in [3.63, 3.8) is 0 Å². The molecule has 1 unspecified atom stereocenters. The van der Waals surface area contributed by atoms with E-state index in [0.717, 1.165) is 0 Å². The van der Waals surface area contributed by atoms with Crippen LogP contribution in [0.3, 0.4) is 0 Å². The van der Waals surface area contributed by atoms with Crippen LogP contribution in [0.1, 0.15) is 34.1 Å². The highest BCUT2D eigenvalue weighted by Crippen LogP contribution is 2.25. The molecule has 0 spiro atoms. The van der Waals surface area contributed by atoms with Crippen molar-refractivity contribution in [2.45, 2.75) is 51.7 Å². The van der Waals surface area contributed by atoms with Gasteiger partial charge in [0, 0.05) is 6.04 Å². The molecule has 1 heterocycles. The lowest BCUT2D eigenvalue weighted by Gasteiger charge is -2.35. The summed E-state index contributed by atoms with van der Waals surface area (Å²) in [6, 6.07) is -0.887. The zero-order valence-corrected chi connectivity index (χ0v) is 11.4. The Morgan fingerprint density at radius 3 is 2.28 bits per heavy atom. The van der Waals surface area contributed by atoms with Crippen molar-refractivity contribution in [2.24, 2.45) is 0 Å². The molecule has 1 aliphatic heterocycles. The van der Waals surface area contributed by atoms with Crippen LogP contribution >= 0.6 is 0 Å².